The van der Waals surface area contributed by atoms with Crippen molar-refractivity contribution in [2.45, 2.75) is 57.5 Å². The highest BCUT2D eigenvalue weighted by Crippen LogP contribution is 2.51. The van der Waals surface area contributed by atoms with E-state index in [-0.39, 0.29) is 0 Å². The fourth-order valence-corrected chi connectivity index (χ4v) is 3.54. The quantitative estimate of drug-likeness (QED) is 0.865. The molecule has 2 saturated carbocycles. The molecule has 1 N–H and O–H groups in total. The number of methoxy groups -OCH3 is 1. The molecule has 4 rings (SSSR count). The van der Waals surface area contributed by atoms with Crippen molar-refractivity contribution in [2.24, 2.45) is 5.41 Å². The first-order chi connectivity index (χ1) is 9.81. The zero-order chi connectivity index (χ0) is 13.6. The average molecular weight is 275 g/mol. The molecular formula is C16H25N3O. The lowest BCUT2D eigenvalue weighted by Gasteiger charge is -2.21. The average Bonchev–Trinajstić information content (AvgIpc) is 3.38. The van der Waals surface area contributed by atoms with E-state index in [0.717, 1.165) is 32.0 Å². The summed E-state index contributed by atoms with van der Waals surface area (Å²) in [5.41, 5.74) is 3.36. The number of hydrogen-bond donors (Lipinski definition) is 1. The van der Waals surface area contributed by atoms with E-state index >= 15 is 0 Å². The molecule has 0 bridgehead atoms. The summed E-state index contributed by atoms with van der Waals surface area (Å²) < 4.78 is 7.91. The van der Waals surface area contributed by atoms with Gasteiger partial charge in [-0.3, -0.25) is 0 Å². The predicted octanol–water partition coefficient (Wildman–Crippen LogP) is 2.22. The van der Waals surface area contributed by atoms with Gasteiger partial charge in [-0.25, -0.2) is 4.98 Å². The van der Waals surface area contributed by atoms with Crippen molar-refractivity contribution < 1.29 is 4.74 Å². The summed E-state index contributed by atoms with van der Waals surface area (Å²) >= 11 is 0. The highest BCUT2D eigenvalue weighted by molar-refractivity contribution is 5.24. The van der Waals surface area contributed by atoms with Crippen LogP contribution in [0.4, 0.5) is 0 Å². The Bertz CT molecular complexity index is 500. The second-order valence-electron chi connectivity index (χ2n) is 6.89. The van der Waals surface area contributed by atoms with Crippen LogP contribution in [0.25, 0.3) is 0 Å². The van der Waals surface area contributed by atoms with Crippen molar-refractivity contribution in [3.8, 4) is 0 Å². The molecule has 0 spiro atoms. The first-order valence-corrected chi connectivity index (χ1v) is 8.09. The number of aromatic nitrogens is 2. The molecule has 2 aliphatic carbocycles. The number of rotatable bonds is 6. The molecule has 4 heteroatoms. The molecule has 0 saturated heterocycles. The van der Waals surface area contributed by atoms with Gasteiger partial charge in [-0.05, 0) is 37.5 Å². The van der Waals surface area contributed by atoms with E-state index in [0.29, 0.717) is 5.41 Å². The van der Waals surface area contributed by atoms with Gasteiger partial charge in [-0.15, -0.1) is 0 Å². The van der Waals surface area contributed by atoms with Crippen LogP contribution in [0.1, 0.15) is 55.2 Å². The minimum absolute atomic E-state index is 0.513. The van der Waals surface area contributed by atoms with Crippen LogP contribution in [0.5, 0.6) is 0 Å². The summed E-state index contributed by atoms with van der Waals surface area (Å²) in [6.07, 6.45) is 7.77. The summed E-state index contributed by atoms with van der Waals surface area (Å²) in [5, 5.41) is 3.46. The number of fused-ring (bicyclic) bond motifs is 1. The van der Waals surface area contributed by atoms with Crippen molar-refractivity contribution in [1.82, 2.24) is 14.9 Å². The first kappa shape index (κ1) is 12.8. The van der Waals surface area contributed by atoms with Crippen LogP contribution in [0, 0.1) is 5.41 Å². The van der Waals surface area contributed by atoms with Gasteiger partial charge >= 0.3 is 0 Å². The van der Waals surface area contributed by atoms with Gasteiger partial charge in [0.2, 0.25) is 0 Å². The van der Waals surface area contributed by atoms with Crippen LogP contribution in [0.15, 0.2) is 0 Å². The van der Waals surface area contributed by atoms with Crippen molar-refractivity contribution >= 4 is 0 Å². The molecule has 0 unspecified atom stereocenters. The van der Waals surface area contributed by atoms with E-state index < -0.39 is 0 Å². The molecule has 1 aliphatic heterocycles. The molecule has 0 aromatic carbocycles. The Morgan fingerprint density at radius 1 is 1.40 bits per heavy atom. The molecule has 0 radical (unpaired) electrons. The molecule has 0 atom stereocenters. The number of nitrogens with one attached hydrogen (secondary N) is 1. The Morgan fingerprint density at radius 2 is 2.25 bits per heavy atom. The Balaban J connectivity index is 1.61. The summed E-state index contributed by atoms with van der Waals surface area (Å²) in [7, 11) is 1.82. The van der Waals surface area contributed by atoms with E-state index in [1.807, 2.05) is 7.11 Å². The third-order valence-corrected chi connectivity index (χ3v) is 5.25. The molecular weight excluding hydrogens is 250 g/mol. The van der Waals surface area contributed by atoms with E-state index in [1.54, 1.807) is 0 Å². The highest BCUT2D eigenvalue weighted by Gasteiger charge is 2.44. The van der Waals surface area contributed by atoms with Gasteiger partial charge in [-0.2, -0.15) is 0 Å². The molecule has 1 aromatic heterocycles. The smallest absolute Gasteiger partial charge is 0.112 e. The Morgan fingerprint density at radius 3 is 2.95 bits per heavy atom. The number of ether oxygens (including phenoxy) is 1. The van der Waals surface area contributed by atoms with Crippen molar-refractivity contribution in [3.63, 3.8) is 0 Å². The number of hydrogen-bond acceptors (Lipinski definition) is 3. The van der Waals surface area contributed by atoms with Crippen LogP contribution in [0.2, 0.25) is 0 Å². The van der Waals surface area contributed by atoms with Gasteiger partial charge in [-0.1, -0.05) is 0 Å². The Kier molecular flexibility index (Phi) is 3.11. The predicted molar refractivity (Wildman–Crippen MR) is 77.8 cm³/mol. The minimum atomic E-state index is 0.513. The zero-order valence-corrected chi connectivity index (χ0v) is 12.5. The lowest BCUT2D eigenvalue weighted by atomic mass is 10.0. The second kappa shape index (κ2) is 4.85. The Labute approximate surface area is 120 Å². The molecule has 0 amide bonds. The summed E-state index contributed by atoms with van der Waals surface area (Å²) in [5.74, 6) is 2.14. The van der Waals surface area contributed by atoms with Crippen LogP contribution in [0.3, 0.4) is 0 Å². The summed E-state index contributed by atoms with van der Waals surface area (Å²) in [4.78, 5) is 4.97. The summed E-state index contributed by atoms with van der Waals surface area (Å²) in [6.45, 7) is 4.16. The number of imidazole rings is 1. The molecule has 4 nitrogen and oxygen atoms in total. The van der Waals surface area contributed by atoms with E-state index in [1.165, 1.54) is 55.9 Å². The third kappa shape index (κ3) is 2.29. The van der Waals surface area contributed by atoms with Gasteiger partial charge in [0.1, 0.15) is 5.82 Å². The largest absolute Gasteiger partial charge is 0.385 e. The molecule has 2 fully saturated rings. The SMILES string of the molecule is COCCC1(Cn2c(C3CC3)nc3c2CCNC3)CC1. The van der Waals surface area contributed by atoms with Crippen LogP contribution >= 0.6 is 0 Å². The molecule has 110 valence electrons. The van der Waals surface area contributed by atoms with E-state index in [4.69, 9.17) is 9.72 Å². The summed E-state index contributed by atoms with van der Waals surface area (Å²) in [6, 6.07) is 0. The fraction of sp³-hybridized carbons (Fsp3) is 0.812. The first-order valence-electron chi connectivity index (χ1n) is 8.09. The fourth-order valence-electron chi connectivity index (χ4n) is 3.54. The van der Waals surface area contributed by atoms with Gasteiger partial charge in [0.05, 0.1) is 5.69 Å². The van der Waals surface area contributed by atoms with Crippen LogP contribution in [-0.2, 0) is 24.2 Å². The maximum absolute atomic E-state index is 5.30. The molecule has 3 aliphatic rings. The van der Waals surface area contributed by atoms with Crippen molar-refractivity contribution in [1.29, 1.82) is 0 Å². The maximum atomic E-state index is 5.30. The number of nitrogens with zero attached hydrogens (tertiary/aromatic N) is 2. The van der Waals surface area contributed by atoms with E-state index in [9.17, 15) is 0 Å². The van der Waals surface area contributed by atoms with Crippen LogP contribution in [-0.4, -0.2) is 29.8 Å². The normalized spacial score (nSPS) is 23.6. The Hall–Kier alpha value is -0.870. The van der Waals surface area contributed by atoms with Crippen molar-refractivity contribution in [2.75, 3.05) is 20.3 Å². The highest BCUT2D eigenvalue weighted by atomic mass is 16.5. The maximum Gasteiger partial charge on any atom is 0.112 e. The lowest BCUT2D eigenvalue weighted by molar-refractivity contribution is 0.166. The second-order valence-corrected chi connectivity index (χ2v) is 6.89. The van der Waals surface area contributed by atoms with Crippen molar-refractivity contribution in [3.05, 3.63) is 17.2 Å². The van der Waals surface area contributed by atoms with Gasteiger partial charge in [0.25, 0.3) is 0 Å². The molecule has 1 aromatic rings. The van der Waals surface area contributed by atoms with Gasteiger partial charge in [0.15, 0.2) is 0 Å². The monoisotopic (exact) mass is 275 g/mol. The zero-order valence-electron chi connectivity index (χ0n) is 12.5. The topological polar surface area (TPSA) is 39.1 Å². The van der Waals surface area contributed by atoms with E-state index in [2.05, 4.69) is 9.88 Å². The third-order valence-electron chi connectivity index (χ3n) is 5.25. The molecule has 20 heavy (non-hydrogen) atoms. The van der Waals surface area contributed by atoms with Crippen LogP contribution < -0.4 is 5.32 Å². The minimum Gasteiger partial charge on any atom is -0.385 e. The lowest BCUT2D eigenvalue weighted by Crippen LogP contribution is -2.26. The van der Waals surface area contributed by atoms with Gasteiger partial charge in [0, 0.05) is 51.4 Å². The standard InChI is InChI=1S/C16H25N3O/c1-20-9-7-16(5-6-16)11-19-14-4-8-17-10-13(14)18-15(19)12-2-3-12/h12,17H,2-11H2,1H3. The molecule has 2 heterocycles. The van der Waals surface area contributed by atoms with Gasteiger partial charge < -0.3 is 14.6 Å².